The number of carbonyl (C=O) groups is 1. The van der Waals surface area contributed by atoms with Crippen LogP contribution in [0.15, 0.2) is 0 Å². The van der Waals surface area contributed by atoms with E-state index >= 15 is 0 Å². The maximum atomic E-state index is 11.8. The predicted octanol–water partition coefficient (Wildman–Crippen LogP) is 1.83. The largest absolute Gasteiger partial charge is 0.444 e. The Labute approximate surface area is 133 Å². The third-order valence-electron chi connectivity index (χ3n) is 3.91. The molecule has 0 aromatic rings. The Morgan fingerprint density at radius 1 is 1.23 bits per heavy atom. The van der Waals surface area contributed by atoms with E-state index < -0.39 is 5.60 Å². The van der Waals surface area contributed by atoms with Crippen LogP contribution in [0.4, 0.5) is 4.79 Å². The molecule has 1 heterocycles. The summed E-state index contributed by atoms with van der Waals surface area (Å²) in [5.74, 6) is 0. The molecule has 2 aliphatic rings. The third kappa shape index (κ3) is 6.50. The Hall–Kier alpha value is -0.850. The lowest BCUT2D eigenvalue weighted by atomic mass is 9.91. The molecular formula is C16H30N2O4. The van der Waals surface area contributed by atoms with Gasteiger partial charge in [0.05, 0.1) is 25.9 Å². The van der Waals surface area contributed by atoms with E-state index in [-0.39, 0.29) is 18.2 Å². The Bertz CT molecular complexity index is 351. The first kappa shape index (κ1) is 17.5. The zero-order valence-corrected chi connectivity index (χ0v) is 14.0. The number of amides is 1. The van der Waals surface area contributed by atoms with E-state index in [1.54, 1.807) is 0 Å². The molecule has 1 saturated heterocycles. The first-order valence-corrected chi connectivity index (χ1v) is 8.34. The van der Waals surface area contributed by atoms with Gasteiger partial charge in [0.2, 0.25) is 0 Å². The molecule has 2 rings (SSSR count). The van der Waals surface area contributed by atoms with Crippen molar-refractivity contribution in [3.63, 3.8) is 0 Å². The number of hydrogen-bond acceptors (Lipinski definition) is 5. The summed E-state index contributed by atoms with van der Waals surface area (Å²) in [6.07, 6.45) is 4.03. The van der Waals surface area contributed by atoms with Crippen LogP contribution in [-0.2, 0) is 14.2 Å². The summed E-state index contributed by atoms with van der Waals surface area (Å²) < 4.78 is 16.4. The molecule has 0 bridgehead atoms. The Morgan fingerprint density at radius 3 is 2.68 bits per heavy atom. The van der Waals surface area contributed by atoms with Crippen molar-refractivity contribution in [2.24, 2.45) is 0 Å². The molecule has 3 atom stereocenters. The SMILES string of the molecule is CC(C)(C)OC(=O)NC1CCCC(NCC2COCCO2)C1. The molecule has 1 aliphatic heterocycles. The monoisotopic (exact) mass is 314 g/mol. The van der Waals surface area contributed by atoms with E-state index in [9.17, 15) is 4.79 Å². The average molecular weight is 314 g/mol. The molecule has 22 heavy (non-hydrogen) atoms. The van der Waals surface area contributed by atoms with Crippen LogP contribution >= 0.6 is 0 Å². The number of ether oxygens (including phenoxy) is 3. The fraction of sp³-hybridized carbons (Fsp3) is 0.938. The van der Waals surface area contributed by atoms with Crippen molar-refractivity contribution in [1.82, 2.24) is 10.6 Å². The lowest BCUT2D eigenvalue weighted by molar-refractivity contribution is -0.0873. The summed E-state index contributed by atoms with van der Waals surface area (Å²) in [5, 5.41) is 6.53. The van der Waals surface area contributed by atoms with Crippen LogP contribution < -0.4 is 10.6 Å². The summed E-state index contributed by atoms with van der Waals surface area (Å²) in [5.41, 5.74) is -0.450. The van der Waals surface area contributed by atoms with E-state index in [4.69, 9.17) is 14.2 Å². The normalized spacial score (nSPS) is 29.9. The molecule has 3 unspecified atom stereocenters. The second kappa shape index (κ2) is 8.13. The van der Waals surface area contributed by atoms with Crippen molar-refractivity contribution in [3.8, 4) is 0 Å². The number of hydrogen-bond donors (Lipinski definition) is 2. The van der Waals surface area contributed by atoms with E-state index in [1.165, 1.54) is 0 Å². The van der Waals surface area contributed by atoms with E-state index in [2.05, 4.69) is 10.6 Å². The molecule has 2 fully saturated rings. The van der Waals surface area contributed by atoms with Gasteiger partial charge in [0.1, 0.15) is 5.60 Å². The molecule has 1 saturated carbocycles. The second-order valence-corrected chi connectivity index (χ2v) is 7.18. The molecule has 0 radical (unpaired) electrons. The van der Waals surface area contributed by atoms with Crippen molar-refractivity contribution in [2.75, 3.05) is 26.4 Å². The van der Waals surface area contributed by atoms with Crippen molar-refractivity contribution >= 4 is 6.09 Å². The molecule has 2 N–H and O–H groups in total. The van der Waals surface area contributed by atoms with E-state index in [1.807, 2.05) is 20.8 Å². The van der Waals surface area contributed by atoms with Gasteiger partial charge in [-0.2, -0.15) is 0 Å². The molecule has 1 amide bonds. The van der Waals surface area contributed by atoms with Crippen LogP contribution in [0.25, 0.3) is 0 Å². The number of alkyl carbamates (subject to hydrolysis) is 1. The minimum absolute atomic E-state index is 0.146. The highest BCUT2D eigenvalue weighted by molar-refractivity contribution is 5.68. The van der Waals surface area contributed by atoms with Crippen LogP contribution in [-0.4, -0.2) is 56.2 Å². The van der Waals surface area contributed by atoms with Crippen molar-refractivity contribution in [3.05, 3.63) is 0 Å². The van der Waals surface area contributed by atoms with Gasteiger partial charge in [-0.1, -0.05) is 0 Å². The molecule has 0 aromatic carbocycles. The van der Waals surface area contributed by atoms with Crippen molar-refractivity contribution < 1.29 is 19.0 Å². The molecule has 6 heteroatoms. The smallest absolute Gasteiger partial charge is 0.407 e. The van der Waals surface area contributed by atoms with Gasteiger partial charge in [0.15, 0.2) is 0 Å². The van der Waals surface area contributed by atoms with Crippen LogP contribution in [0.1, 0.15) is 46.5 Å². The fourth-order valence-electron chi connectivity index (χ4n) is 2.93. The first-order valence-electron chi connectivity index (χ1n) is 8.34. The maximum Gasteiger partial charge on any atom is 0.407 e. The summed E-state index contributed by atoms with van der Waals surface area (Å²) in [6.45, 7) is 8.49. The zero-order valence-electron chi connectivity index (χ0n) is 14.0. The van der Waals surface area contributed by atoms with Gasteiger partial charge in [0, 0.05) is 18.6 Å². The minimum atomic E-state index is -0.450. The number of rotatable bonds is 4. The van der Waals surface area contributed by atoms with Gasteiger partial charge in [0.25, 0.3) is 0 Å². The highest BCUT2D eigenvalue weighted by atomic mass is 16.6. The second-order valence-electron chi connectivity index (χ2n) is 7.18. The number of nitrogens with one attached hydrogen (secondary N) is 2. The van der Waals surface area contributed by atoms with Gasteiger partial charge < -0.3 is 24.8 Å². The van der Waals surface area contributed by atoms with Crippen LogP contribution in [0.5, 0.6) is 0 Å². The van der Waals surface area contributed by atoms with Crippen LogP contribution in [0.3, 0.4) is 0 Å². The topological polar surface area (TPSA) is 68.8 Å². The standard InChI is InChI=1S/C16H30N2O4/c1-16(2,3)22-15(19)18-13-6-4-5-12(9-13)17-10-14-11-20-7-8-21-14/h12-14,17H,4-11H2,1-3H3,(H,18,19). The first-order chi connectivity index (χ1) is 10.4. The molecular weight excluding hydrogens is 284 g/mol. The summed E-state index contributed by atoms with van der Waals surface area (Å²) in [4.78, 5) is 11.8. The van der Waals surface area contributed by atoms with Crippen LogP contribution in [0, 0.1) is 0 Å². The highest BCUT2D eigenvalue weighted by Crippen LogP contribution is 2.19. The quantitative estimate of drug-likeness (QED) is 0.828. The van der Waals surface area contributed by atoms with Crippen LogP contribution in [0.2, 0.25) is 0 Å². The summed E-state index contributed by atoms with van der Waals surface area (Å²) >= 11 is 0. The Balaban J connectivity index is 1.68. The average Bonchev–Trinajstić information content (AvgIpc) is 2.44. The predicted molar refractivity (Wildman–Crippen MR) is 84.0 cm³/mol. The summed E-state index contributed by atoms with van der Waals surface area (Å²) in [6, 6.07) is 0.601. The third-order valence-corrected chi connectivity index (χ3v) is 3.91. The Kier molecular flexibility index (Phi) is 6.47. The van der Waals surface area contributed by atoms with Gasteiger partial charge in [-0.25, -0.2) is 4.79 Å². The van der Waals surface area contributed by atoms with E-state index in [0.29, 0.717) is 25.9 Å². The minimum Gasteiger partial charge on any atom is -0.444 e. The summed E-state index contributed by atoms with van der Waals surface area (Å²) in [7, 11) is 0. The zero-order chi connectivity index (χ0) is 16.0. The lowest BCUT2D eigenvalue weighted by Gasteiger charge is -2.32. The van der Waals surface area contributed by atoms with E-state index in [0.717, 1.165) is 32.2 Å². The van der Waals surface area contributed by atoms with Gasteiger partial charge in [-0.15, -0.1) is 0 Å². The van der Waals surface area contributed by atoms with Gasteiger partial charge >= 0.3 is 6.09 Å². The number of carbonyl (C=O) groups excluding carboxylic acids is 1. The van der Waals surface area contributed by atoms with Crippen molar-refractivity contribution in [2.45, 2.75) is 70.2 Å². The molecule has 6 nitrogen and oxygen atoms in total. The maximum absolute atomic E-state index is 11.8. The fourth-order valence-corrected chi connectivity index (χ4v) is 2.93. The molecule has 0 spiro atoms. The molecule has 1 aliphatic carbocycles. The lowest BCUT2D eigenvalue weighted by Crippen LogP contribution is -2.48. The Morgan fingerprint density at radius 2 is 2.00 bits per heavy atom. The van der Waals surface area contributed by atoms with Crippen molar-refractivity contribution in [1.29, 1.82) is 0 Å². The van der Waals surface area contributed by atoms with Gasteiger partial charge in [-0.3, -0.25) is 0 Å². The van der Waals surface area contributed by atoms with Gasteiger partial charge in [-0.05, 0) is 46.5 Å². The molecule has 128 valence electrons. The molecule has 0 aromatic heterocycles. The highest BCUT2D eigenvalue weighted by Gasteiger charge is 2.26.